The maximum atomic E-state index is 6.63. The van der Waals surface area contributed by atoms with E-state index < -0.39 is 0 Å². The van der Waals surface area contributed by atoms with Gasteiger partial charge in [0.1, 0.15) is 33.6 Å². The van der Waals surface area contributed by atoms with Gasteiger partial charge in [0.15, 0.2) is 22.8 Å². The molecule has 0 bridgehead atoms. The Morgan fingerprint density at radius 2 is 0.590 bits per heavy atom. The van der Waals surface area contributed by atoms with Gasteiger partial charge in [-0.3, -0.25) is 0 Å². The molecule has 468 valence electrons. The van der Waals surface area contributed by atoms with Crippen LogP contribution in [0, 0.1) is 0 Å². The zero-order valence-electron chi connectivity index (χ0n) is 54.0. The van der Waals surface area contributed by atoms with Crippen LogP contribution in [0.2, 0.25) is 0 Å². The van der Waals surface area contributed by atoms with Gasteiger partial charge < -0.3 is 18.0 Å². The fourth-order valence-electron chi connectivity index (χ4n) is 14.7. The number of furan rings is 2. The normalized spacial score (nSPS) is 11.6. The minimum atomic E-state index is 0.670. The quantitative estimate of drug-likeness (QED) is 0.136. The van der Waals surface area contributed by atoms with E-state index in [1.54, 1.807) is 0 Å². The highest BCUT2D eigenvalue weighted by Crippen LogP contribution is 2.45. The lowest BCUT2D eigenvalue weighted by Gasteiger charge is -2.13. The predicted molar refractivity (Wildman–Crippen MR) is 411 cm³/mol. The van der Waals surface area contributed by atoms with Gasteiger partial charge >= 0.3 is 0 Å². The fraction of sp³-hybridized carbons (Fsp3) is 0. The largest absolute Gasteiger partial charge is 0.452 e. The van der Waals surface area contributed by atoms with Crippen LogP contribution in [0.1, 0.15) is 0 Å². The van der Waals surface area contributed by atoms with Gasteiger partial charge in [-0.15, -0.1) is 0 Å². The Bertz CT molecular complexity index is 6500. The van der Waals surface area contributed by atoms with E-state index in [4.69, 9.17) is 28.8 Å². The third-order valence-corrected chi connectivity index (χ3v) is 19.2. The van der Waals surface area contributed by atoms with Gasteiger partial charge in [-0.1, -0.05) is 285 Å². The van der Waals surface area contributed by atoms with Crippen molar-refractivity contribution < 1.29 is 8.83 Å². The number of rotatable bonds is 10. The average Bonchev–Trinajstić information content (AvgIpc) is 1.59. The molecule has 100 heavy (non-hydrogen) atoms. The van der Waals surface area contributed by atoms with E-state index in [9.17, 15) is 0 Å². The van der Waals surface area contributed by atoms with Crippen LogP contribution in [0.4, 0.5) is 0 Å². The Morgan fingerprint density at radius 3 is 1.12 bits per heavy atom. The van der Waals surface area contributed by atoms with Crippen molar-refractivity contribution in [2.24, 2.45) is 0 Å². The molecular formula is C92H58N6O2. The van der Waals surface area contributed by atoms with Gasteiger partial charge in [0, 0.05) is 60.7 Å². The Kier molecular flexibility index (Phi) is 14.0. The third-order valence-electron chi connectivity index (χ3n) is 19.2. The molecule has 8 heteroatoms. The van der Waals surface area contributed by atoms with Crippen molar-refractivity contribution in [3.63, 3.8) is 0 Å². The standard InChI is InChI=1S/2C46H29N3O/c1-4-15-30(16-5-1)42-45-43(48-46(47-42)31-17-6-2-7-18-31)41-35(24-14-28-40(41)50-45)32-19-12-20-33(29-32)36-25-13-26-38-37-23-10-11-27-39(37)49(44(36)38)34-21-8-3-9-22-34;1-4-14-30(15-5-1)43-45-44(48-46(47-43)31-16-6-2-7-17-31)42-36(23-13-25-41(42)50-45)34-19-12-18-32(28-34)33-26-27-38-37-22-10-11-24-39(37)49(40(38)29-33)35-20-8-3-9-21-35/h2*1-29H. The molecule has 0 fully saturated rings. The summed E-state index contributed by atoms with van der Waals surface area (Å²) in [6.45, 7) is 0. The Balaban J connectivity index is 0.000000139. The number of nitrogens with zero attached hydrogens (tertiary/aromatic N) is 6. The van der Waals surface area contributed by atoms with Crippen molar-refractivity contribution >= 4 is 87.7 Å². The monoisotopic (exact) mass is 1280 g/mol. The number of aromatic nitrogens is 6. The number of hydrogen-bond donors (Lipinski definition) is 0. The van der Waals surface area contributed by atoms with Gasteiger partial charge in [-0.25, -0.2) is 19.9 Å². The lowest BCUT2D eigenvalue weighted by atomic mass is 9.95. The first-order valence-corrected chi connectivity index (χ1v) is 33.7. The molecule has 14 aromatic carbocycles. The van der Waals surface area contributed by atoms with Crippen molar-refractivity contribution in [1.82, 2.24) is 29.1 Å². The van der Waals surface area contributed by atoms with Crippen molar-refractivity contribution in [2.75, 3.05) is 0 Å². The number of hydrogen-bond acceptors (Lipinski definition) is 6. The summed E-state index contributed by atoms with van der Waals surface area (Å²) in [7, 11) is 0. The smallest absolute Gasteiger partial charge is 0.180 e. The van der Waals surface area contributed by atoms with Crippen LogP contribution in [-0.4, -0.2) is 29.1 Å². The zero-order chi connectivity index (χ0) is 66.0. The Morgan fingerprint density at radius 1 is 0.230 bits per heavy atom. The summed E-state index contributed by atoms with van der Waals surface area (Å²) in [5, 5.41) is 6.92. The second-order valence-corrected chi connectivity index (χ2v) is 25.1. The molecule has 0 atom stereocenters. The second kappa shape index (κ2) is 24.3. The molecule has 6 heterocycles. The van der Waals surface area contributed by atoms with Crippen LogP contribution in [0.3, 0.4) is 0 Å². The van der Waals surface area contributed by atoms with E-state index in [1.165, 1.54) is 49.2 Å². The topological polar surface area (TPSA) is 87.7 Å². The van der Waals surface area contributed by atoms with Crippen molar-refractivity contribution in [3.8, 4) is 101 Å². The lowest BCUT2D eigenvalue weighted by Crippen LogP contribution is -1.95. The van der Waals surface area contributed by atoms with Gasteiger partial charge in [-0.2, -0.15) is 0 Å². The van der Waals surface area contributed by atoms with Gasteiger partial charge in [0.05, 0.1) is 32.8 Å². The van der Waals surface area contributed by atoms with Crippen LogP contribution in [-0.2, 0) is 0 Å². The zero-order valence-corrected chi connectivity index (χ0v) is 54.0. The Hall–Kier alpha value is -13.6. The van der Waals surface area contributed by atoms with Crippen LogP contribution < -0.4 is 0 Å². The van der Waals surface area contributed by atoms with E-state index >= 15 is 0 Å². The first-order chi connectivity index (χ1) is 49.6. The van der Waals surface area contributed by atoms with Crippen LogP contribution in [0.5, 0.6) is 0 Å². The van der Waals surface area contributed by atoms with Crippen molar-refractivity contribution in [2.45, 2.75) is 0 Å². The minimum Gasteiger partial charge on any atom is -0.452 e. The molecule has 0 radical (unpaired) electrons. The molecule has 0 amide bonds. The Labute approximate surface area is 575 Å². The molecular weight excluding hydrogens is 1220 g/mol. The van der Waals surface area contributed by atoms with E-state index in [-0.39, 0.29) is 0 Å². The van der Waals surface area contributed by atoms with Gasteiger partial charge in [-0.05, 0) is 106 Å². The van der Waals surface area contributed by atoms with Gasteiger partial charge in [0.25, 0.3) is 0 Å². The first kappa shape index (κ1) is 57.9. The molecule has 0 saturated carbocycles. The summed E-state index contributed by atoms with van der Waals surface area (Å²) >= 11 is 0. The average molecular weight is 1280 g/mol. The number of benzene rings is 14. The predicted octanol–water partition coefficient (Wildman–Crippen LogP) is 24.3. The fourth-order valence-corrected chi connectivity index (χ4v) is 14.7. The lowest BCUT2D eigenvalue weighted by molar-refractivity contribution is 0.667. The van der Waals surface area contributed by atoms with E-state index in [0.29, 0.717) is 22.8 Å². The molecule has 0 N–H and O–H groups in total. The molecule has 6 aromatic heterocycles. The van der Waals surface area contributed by atoms with Crippen molar-refractivity contribution in [1.29, 1.82) is 0 Å². The summed E-state index contributed by atoms with van der Waals surface area (Å²) in [4.78, 5) is 20.5. The number of fused-ring (bicyclic) bond motifs is 12. The summed E-state index contributed by atoms with van der Waals surface area (Å²) < 4.78 is 18.0. The maximum absolute atomic E-state index is 6.63. The van der Waals surface area contributed by atoms with Crippen LogP contribution in [0.25, 0.3) is 189 Å². The summed E-state index contributed by atoms with van der Waals surface area (Å²) in [5.74, 6) is 1.34. The molecule has 20 rings (SSSR count). The maximum Gasteiger partial charge on any atom is 0.180 e. The summed E-state index contributed by atoms with van der Waals surface area (Å²) in [6.07, 6.45) is 0. The third kappa shape index (κ3) is 9.92. The van der Waals surface area contributed by atoms with Crippen molar-refractivity contribution in [3.05, 3.63) is 352 Å². The molecule has 20 aromatic rings. The minimum absolute atomic E-state index is 0.670. The second-order valence-electron chi connectivity index (χ2n) is 25.1. The summed E-state index contributed by atoms with van der Waals surface area (Å²) in [6, 6.07) is 123. The molecule has 0 unspecified atom stereocenters. The van der Waals surface area contributed by atoms with Gasteiger partial charge in [0.2, 0.25) is 0 Å². The highest BCUT2D eigenvalue weighted by Gasteiger charge is 2.25. The molecule has 0 spiro atoms. The van der Waals surface area contributed by atoms with Crippen LogP contribution >= 0.6 is 0 Å². The summed E-state index contributed by atoms with van der Waals surface area (Å²) in [5.41, 5.74) is 26.0. The molecule has 0 saturated heterocycles. The SMILES string of the molecule is c1ccc(-c2nc(-c3ccccc3)c3oc4cccc(-c5cccc(-c6ccc7c8ccccc8n(-c8ccccc8)c7c6)c5)c4c3n2)cc1.c1ccc(-c2nc(-c3ccccc3)c3oc4cccc(-c5cccc(-c6cccc7c8ccccc8n(-c8ccccc8)c67)c5)c4c3n2)cc1. The molecule has 0 aliphatic heterocycles. The number of para-hydroxylation sites is 5. The highest BCUT2D eigenvalue weighted by molar-refractivity contribution is 6.17. The first-order valence-electron chi connectivity index (χ1n) is 33.7. The molecule has 0 aliphatic rings. The molecule has 0 aliphatic carbocycles. The van der Waals surface area contributed by atoms with E-state index in [1.807, 2.05) is 84.9 Å². The highest BCUT2D eigenvalue weighted by atomic mass is 16.3. The van der Waals surface area contributed by atoms with Crippen LogP contribution in [0.15, 0.2) is 361 Å². The van der Waals surface area contributed by atoms with E-state index in [0.717, 1.165) is 117 Å². The van der Waals surface area contributed by atoms with E-state index in [2.05, 4.69) is 276 Å². The molecule has 8 nitrogen and oxygen atoms in total.